The molecule has 0 unspecified atom stereocenters. The van der Waals surface area contributed by atoms with E-state index >= 15 is 0 Å². The van der Waals surface area contributed by atoms with Crippen molar-refractivity contribution in [2.75, 3.05) is 25.1 Å². The molecule has 0 radical (unpaired) electrons. The van der Waals surface area contributed by atoms with Crippen LogP contribution in [0.25, 0.3) is 5.69 Å². The fourth-order valence-corrected chi connectivity index (χ4v) is 5.10. The topological polar surface area (TPSA) is 104 Å². The average Bonchev–Trinajstić information content (AvgIpc) is 3.71. The van der Waals surface area contributed by atoms with Crippen LogP contribution in [0.5, 0.6) is 11.5 Å². The maximum atomic E-state index is 14.9. The molecule has 1 aliphatic heterocycles. The van der Waals surface area contributed by atoms with Crippen LogP contribution in [-0.4, -0.2) is 46.9 Å². The fourth-order valence-electron chi connectivity index (χ4n) is 4.91. The van der Waals surface area contributed by atoms with Crippen LogP contribution in [0.15, 0.2) is 53.5 Å². The van der Waals surface area contributed by atoms with Crippen LogP contribution in [0.1, 0.15) is 57.6 Å². The van der Waals surface area contributed by atoms with Crippen molar-refractivity contribution in [3.05, 3.63) is 75.2 Å². The number of hydrogen-bond acceptors (Lipinski definition) is 7. The molecule has 1 saturated carbocycles. The highest BCUT2D eigenvalue weighted by Crippen LogP contribution is 2.46. The number of carbonyl (C=O) groups is 1. The second kappa shape index (κ2) is 11.6. The highest BCUT2D eigenvalue weighted by molar-refractivity contribution is 6.32. The first kappa shape index (κ1) is 29.8. The van der Waals surface area contributed by atoms with Gasteiger partial charge in [0, 0.05) is 6.61 Å². The zero-order valence-corrected chi connectivity index (χ0v) is 25.0. The van der Waals surface area contributed by atoms with Gasteiger partial charge in [-0.25, -0.2) is 9.18 Å². The van der Waals surface area contributed by atoms with Gasteiger partial charge in [-0.1, -0.05) is 23.7 Å². The Hall–Kier alpha value is -3.63. The Kier molecular flexibility index (Phi) is 8.22. The second-order valence-electron chi connectivity index (χ2n) is 12.0. The summed E-state index contributed by atoms with van der Waals surface area (Å²) in [5.74, 6) is 1.24. The minimum absolute atomic E-state index is 0.00624. The van der Waals surface area contributed by atoms with Crippen molar-refractivity contribution in [1.82, 2.24) is 15.1 Å². The van der Waals surface area contributed by atoms with Crippen molar-refractivity contribution in [3.8, 4) is 17.2 Å². The van der Waals surface area contributed by atoms with Crippen LogP contribution in [0.4, 0.5) is 14.9 Å². The van der Waals surface area contributed by atoms with Gasteiger partial charge in [-0.3, -0.25) is 4.79 Å². The van der Waals surface area contributed by atoms with E-state index in [1.165, 1.54) is 10.9 Å². The maximum absolute atomic E-state index is 14.9. The smallest absolute Gasteiger partial charge is 0.408 e. The van der Waals surface area contributed by atoms with E-state index in [0.29, 0.717) is 36.6 Å². The Balaban J connectivity index is 1.24. The van der Waals surface area contributed by atoms with Crippen molar-refractivity contribution in [2.45, 2.75) is 70.2 Å². The predicted octanol–water partition coefficient (Wildman–Crippen LogP) is 6.43. The lowest BCUT2D eigenvalue weighted by atomic mass is 9.99. The quantitative estimate of drug-likeness (QED) is 0.308. The Morgan fingerprint density at radius 2 is 1.90 bits per heavy atom. The van der Waals surface area contributed by atoms with Crippen molar-refractivity contribution >= 4 is 23.4 Å². The highest BCUT2D eigenvalue weighted by atomic mass is 35.5. The number of nitrogens with zero attached hydrogens (tertiary/aromatic N) is 2. The van der Waals surface area contributed by atoms with Gasteiger partial charge in [0.2, 0.25) is 0 Å². The fraction of sp³-hybridized carbons (Fsp3) is 0.452. The third kappa shape index (κ3) is 6.87. The van der Waals surface area contributed by atoms with Gasteiger partial charge >= 0.3 is 6.09 Å². The molecule has 9 nitrogen and oxygen atoms in total. The Labute approximate surface area is 249 Å². The number of alkyl halides is 1. The van der Waals surface area contributed by atoms with E-state index in [4.69, 9.17) is 25.8 Å². The van der Waals surface area contributed by atoms with Crippen LogP contribution in [0.2, 0.25) is 5.02 Å². The number of ether oxygens (including phenoxy) is 3. The normalized spacial score (nSPS) is 19.6. The van der Waals surface area contributed by atoms with E-state index in [2.05, 4.69) is 15.7 Å². The minimum Gasteiger partial charge on any atom is -0.457 e. The predicted molar refractivity (Wildman–Crippen MR) is 159 cm³/mol. The maximum Gasteiger partial charge on any atom is 0.408 e. The Bertz CT molecular complexity index is 1510. The average molecular weight is 599 g/mol. The molecule has 0 spiro atoms. The van der Waals surface area contributed by atoms with E-state index in [1.807, 2.05) is 45.9 Å². The zero-order valence-electron chi connectivity index (χ0n) is 24.3. The van der Waals surface area contributed by atoms with Gasteiger partial charge in [0.25, 0.3) is 5.56 Å². The standard InChI is InChI=1S/C31H36ClFN4O5/c1-20-16-21(31(13-14-31)36-28(39)42-29(2,3)4)6-11-25(20)41-23-9-7-22(8-10-23)37-27(38)26(32)24(17-35-37)34-18-30(33)12-5-15-40-19-30/h6-11,16-17,34H,5,12-15,18-19H2,1-4H3,(H,36,39)/t30-/m0/s1. The highest BCUT2D eigenvalue weighted by Gasteiger charge is 2.46. The first-order chi connectivity index (χ1) is 19.9. The minimum atomic E-state index is -1.51. The zero-order chi connectivity index (χ0) is 30.1. The van der Waals surface area contributed by atoms with Gasteiger partial charge in [0.15, 0.2) is 5.67 Å². The van der Waals surface area contributed by atoms with Gasteiger partial charge in [0.1, 0.15) is 22.1 Å². The van der Waals surface area contributed by atoms with Gasteiger partial charge in [-0.15, -0.1) is 0 Å². The first-order valence-electron chi connectivity index (χ1n) is 14.1. The number of benzene rings is 2. The van der Waals surface area contributed by atoms with Crippen LogP contribution < -0.4 is 20.9 Å². The first-order valence-corrected chi connectivity index (χ1v) is 14.4. The molecular weight excluding hydrogens is 563 g/mol. The summed E-state index contributed by atoms with van der Waals surface area (Å²) in [5.41, 5.74) is -0.334. The molecule has 224 valence electrons. The lowest BCUT2D eigenvalue weighted by Gasteiger charge is -2.29. The molecule has 1 aliphatic carbocycles. The van der Waals surface area contributed by atoms with Crippen molar-refractivity contribution < 1.29 is 23.4 Å². The van der Waals surface area contributed by atoms with E-state index < -0.39 is 28.5 Å². The van der Waals surface area contributed by atoms with Crippen molar-refractivity contribution in [1.29, 1.82) is 0 Å². The number of nitrogens with one attached hydrogen (secondary N) is 2. The molecule has 1 aromatic heterocycles. The van der Waals surface area contributed by atoms with Gasteiger partial charge in [0.05, 0.1) is 36.3 Å². The number of aryl methyl sites for hydroxylation is 1. The van der Waals surface area contributed by atoms with Crippen LogP contribution in [0.3, 0.4) is 0 Å². The molecule has 1 atom stereocenters. The molecule has 2 N–H and O–H groups in total. The number of alkyl carbamates (subject to hydrolysis) is 1. The van der Waals surface area contributed by atoms with Crippen LogP contribution >= 0.6 is 11.6 Å². The molecule has 2 fully saturated rings. The second-order valence-corrected chi connectivity index (χ2v) is 12.4. The van der Waals surface area contributed by atoms with E-state index in [1.54, 1.807) is 24.3 Å². The van der Waals surface area contributed by atoms with Gasteiger partial charge < -0.3 is 24.8 Å². The lowest BCUT2D eigenvalue weighted by molar-refractivity contribution is -0.0234. The summed E-state index contributed by atoms with van der Waals surface area (Å²) in [6, 6.07) is 12.7. The molecule has 42 heavy (non-hydrogen) atoms. The number of rotatable bonds is 8. The number of aromatic nitrogens is 2. The lowest BCUT2D eigenvalue weighted by Crippen LogP contribution is -2.40. The number of hydrogen-bond donors (Lipinski definition) is 2. The number of halogens is 2. The van der Waals surface area contributed by atoms with Crippen molar-refractivity contribution in [3.63, 3.8) is 0 Å². The van der Waals surface area contributed by atoms with Crippen molar-refractivity contribution in [2.24, 2.45) is 0 Å². The molecule has 2 aliphatic rings. The SMILES string of the molecule is Cc1cc(C2(NC(=O)OC(C)(C)C)CC2)ccc1Oc1ccc(-n2ncc(NC[C@@]3(F)CCCOC3)c(Cl)c2=O)cc1. The number of carbonyl (C=O) groups excluding carboxylic acids is 1. The molecule has 5 rings (SSSR count). The summed E-state index contributed by atoms with van der Waals surface area (Å²) >= 11 is 6.33. The molecule has 0 bridgehead atoms. The molecule has 11 heteroatoms. The summed E-state index contributed by atoms with van der Waals surface area (Å²) in [6.45, 7) is 8.00. The van der Waals surface area contributed by atoms with E-state index in [0.717, 1.165) is 24.0 Å². The summed E-state index contributed by atoms with van der Waals surface area (Å²) in [4.78, 5) is 25.3. The number of anilines is 1. The summed E-state index contributed by atoms with van der Waals surface area (Å²) in [6.07, 6.45) is 3.69. The summed E-state index contributed by atoms with van der Waals surface area (Å²) < 4.78 is 32.8. The van der Waals surface area contributed by atoms with E-state index in [9.17, 15) is 14.0 Å². The number of amides is 1. The molecule has 2 heterocycles. The van der Waals surface area contributed by atoms with Gasteiger partial charge in [-0.05, 0) is 94.8 Å². The van der Waals surface area contributed by atoms with Gasteiger partial charge in [-0.2, -0.15) is 9.78 Å². The van der Waals surface area contributed by atoms with E-state index in [-0.39, 0.29) is 23.9 Å². The summed E-state index contributed by atoms with van der Waals surface area (Å²) in [5, 5.41) is 10.1. The molecule has 1 amide bonds. The van der Waals surface area contributed by atoms with Crippen LogP contribution in [-0.2, 0) is 15.0 Å². The summed E-state index contributed by atoms with van der Waals surface area (Å²) in [7, 11) is 0. The largest absolute Gasteiger partial charge is 0.457 e. The third-order valence-electron chi connectivity index (χ3n) is 7.32. The molecular formula is C31H36ClFN4O5. The third-order valence-corrected chi connectivity index (χ3v) is 7.68. The Morgan fingerprint density at radius 1 is 1.17 bits per heavy atom. The van der Waals surface area contributed by atoms with Crippen LogP contribution in [0, 0.1) is 6.92 Å². The molecule has 1 saturated heterocycles. The Morgan fingerprint density at radius 3 is 2.52 bits per heavy atom. The molecule has 3 aromatic rings. The monoisotopic (exact) mass is 598 g/mol. The molecule has 2 aromatic carbocycles.